The van der Waals surface area contributed by atoms with E-state index in [2.05, 4.69) is 27.4 Å². The molecule has 1 aliphatic carbocycles. The summed E-state index contributed by atoms with van der Waals surface area (Å²) in [6.07, 6.45) is 13.7. The Hall–Kier alpha value is -2.58. The third-order valence-corrected chi connectivity index (χ3v) is 8.75. The molecule has 1 amide bonds. The van der Waals surface area contributed by atoms with Crippen LogP contribution in [-0.4, -0.2) is 59.7 Å². The Labute approximate surface area is 232 Å². The summed E-state index contributed by atoms with van der Waals surface area (Å²) in [4.78, 5) is 21.1. The van der Waals surface area contributed by atoms with Crippen LogP contribution in [0, 0.1) is 5.92 Å². The number of carbonyl (C=O) groups excluding carboxylic acids is 1. The summed E-state index contributed by atoms with van der Waals surface area (Å²) in [6, 6.07) is 8.45. The number of amides is 1. The first-order valence-corrected chi connectivity index (χ1v) is 14.6. The van der Waals surface area contributed by atoms with Crippen molar-refractivity contribution in [1.29, 1.82) is 0 Å². The number of quaternary nitrogens is 1. The maximum absolute atomic E-state index is 13.1. The number of piperidine rings is 1. The molecule has 208 valence electrons. The van der Waals surface area contributed by atoms with E-state index >= 15 is 0 Å². The van der Waals surface area contributed by atoms with E-state index in [1.165, 1.54) is 57.1 Å². The lowest BCUT2D eigenvalue weighted by Crippen LogP contribution is -2.60. The van der Waals surface area contributed by atoms with E-state index in [0.29, 0.717) is 0 Å². The minimum absolute atomic E-state index is 0.000586. The van der Waals surface area contributed by atoms with Gasteiger partial charge in [0.05, 0.1) is 39.3 Å². The van der Waals surface area contributed by atoms with Crippen molar-refractivity contribution in [2.75, 3.05) is 44.8 Å². The smallest absolute Gasteiger partial charge is 0.274 e. The molecule has 8 nitrogen and oxygen atoms in total. The SMILES string of the molecule is COc1ccc(CCC[N+]2(CCCC3CCCCC3)CCCC(NC(=O)c3nc(Cl)c(N)nc3N)C2)cc1. The predicted molar refractivity (Wildman–Crippen MR) is 153 cm³/mol. The Bertz CT molecular complexity index is 1060. The molecule has 1 saturated carbocycles. The van der Waals surface area contributed by atoms with Crippen molar-refractivity contribution in [2.24, 2.45) is 5.92 Å². The average Bonchev–Trinajstić information content (AvgIpc) is 2.92. The number of hydrogen-bond acceptors (Lipinski definition) is 6. The number of halogens is 1. The monoisotopic (exact) mass is 543 g/mol. The Balaban J connectivity index is 1.40. The van der Waals surface area contributed by atoms with Crippen molar-refractivity contribution in [1.82, 2.24) is 15.3 Å². The van der Waals surface area contributed by atoms with Crippen LogP contribution in [0.1, 0.15) is 80.3 Å². The van der Waals surface area contributed by atoms with Crippen molar-refractivity contribution in [3.8, 4) is 5.75 Å². The molecular weight excluding hydrogens is 500 g/mol. The summed E-state index contributed by atoms with van der Waals surface area (Å²) < 4.78 is 6.36. The van der Waals surface area contributed by atoms with Crippen LogP contribution in [0.3, 0.4) is 0 Å². The first kappa shape index (κ1) is 28.4. The highest BCUT2D eigenvalue weighted by Gasteiger charge is 2.36. The number of carbonyl (C=O) groups is 1. The lowest BCUT2D eigenvalue weighted by molar-refractivity contribution is -0.933. The quantitative estimate of drug-likeness (QED) is 0.343. The summed E-state index contributed by atoms with van der Waals surface area (Å²) >= 11 is 6.02. The summed E-state index contributed by atoms with van der Waals surface area (Å²) in [6.45, 7) is 4.37. The normalized spacial score (nSPS) is 22.2. The lowest BCUT2D eigenvalue weighted by atomic mass is 9.86. The summed E-state index contributed by atoms with van der Waals surface area (Å²) in [5, 5.41) is 3.19. The first-order chi connectivity index (χ1) is 18.4. The van der Waals surface area contributed by atoms with Crippen molar-refractivity contribution < 1.29 is 14.0 Å². The van der Waals surface area contributed by atoms with Crippen molar-refractivity contribution in [3.63, 3.8) is 0 Å². The molecule has 1 aromatic heterocycles. The molecule has 0 radical (unpaired) electrons. The molecule has 38 heavy (non-hydrogen) atoms. The fourth-order valence-electron chi connectivity index (χ4n) is 6.42. The first-order valence-electron chi connectivity index (χ1n) is 14.2. The molecule has 1 saturated heterocycles. The number of aryl methyl sites for hydroxylation is 1. The van der Waals surface area contributed by atoms with Gasteiger partial charge in [-0.3, -0.25) is 4.79 Å². The van der Waals surface area contributed by atoms with Gasteiger partial charge in [-0.2, -0.15) is 0 Å². The number of nitrogen functional groups attached to an aromatic ring is 2. The van der Waals surface area contributed by atoms with Crippen molar-refractivity contribution >= 4 is 29.1 Å². The highest BCUT2D eigenvalue weighted by atomic mass is 35.5. The molecule has 2 atom stereocenters. The molecule has 2 heterocycles. The van der Waals surface area contributed by atoms with Crippen LogP contribution in [0.4, 0.5) is 11.6 Å². The molecule has 1 aliphatic heterocycles. The predicted octanol–water partition coefficient (Wildman–Crippen LogP) is 5.01. The van der Waals surface area contributed by atoms with Gasteiger partial charge in [-0.1, -0.05) is 55.8 Å². The van der Waals surface area contributed by atoms with Crippen LogP contribution in [0.2, 0.25) is 5.15 Å². The highest BCUT2D eigenvalue weighted by molar-refractivity contribution is 6.31. The Morgan fingerprint density at radius 3 is 2.50 bits per heavy atom. The van der Waals surface area contributed by atoms with Gasteiger partial charge in [-0.15, -0.1) is 0 Å². The number of rotatable bonds is 11. The minimum Gasteiger partial charge on any atom is -0.497 e. The highest BCUT2D eigenvalue weighted by Crippen LogP contribution is 2.29. The third-order valence-electron chi connectivity index (χ3n) is 8.47. The number of nitrogens with zero attached hydrogens (tertiary/aromatic N) is 3. The van der Waals surface area contributed by atoms with Gasteiger partial charge in [-0.05, 0) is 55.7 Å². The zero-order valence-corrected chi connectivity index (χ0v) is 23.5. The van der Waals surface area contributed by atoms with Gasteiger partial charge < -0.3 is 26.0 Å². The summed E-state index contributed by atoms with van der Waals surface area (Å²) in [7, 11) is 1.70. The molecule has 4 rings (SSSR count). The Morgan fingerprint density at radius 2 is 1.76 bits per heavy atom. The number of methoxy groups -OCH3 is 1. The standard InChI is InChI=1S/C29H43ClN6O2/c1-38-24-15-13-22(14-16-24)11-6-18-36(17-5-10-21-8-3-2-4-9-21)19-7-12-23(20-36)33-29(37)25-27(31)35-28(32)26(30)34-25/h13-16,21,23H,2-12,17-20H2,1H3,(H4-,31,32,33,35,37)/p+1. The zero-order valence-electron chi connectivity index (χ0n) is 22.8. The number of hydrogen-bond donors (Lipinski definition) is 3. The number of nitrogens with one attached hydrogen (secondary N) is 1. The van der Waals surface area contributed by atoms with E-state index in [1.54, 1.807) is 7.11 Å². The van der Waals surface area contributed by atoms with Crippen LogP contribution in [-0.2, 0) is 6.42 Å². The van der Waals surface area contributed by atoms with Crippen LogP contribution in [0.25, 0.3) is 0 Å². The van der Waals surface area contributed by atoms with Gasteiger partial charge in [0.25, 0.3) is 5.91 Å². The second-order valence-electron chi connectivity index (χ2n) is 11.2. The van der Waals surface area contributed by atoms with E-state index in [1.807, 2.05) is 12.1 Å². The van der Waals surface area contributed by atoms with Crippen LogP contribution < -0.4 is 21.5 Å². The zero-order chi connectivity index (χ0) is 27.0. The van der Waals surface area contributed by atoms with Crippen molar-refractivity contribution in [2.45, 2.75) is 76.7 Å². The van der Waals surface area contributed by atoms with Gasteiger partial charge in [0.2, 0.25) is 0 Å². The number of likely N-dealkylation sites (tertiary alicyclic amines) is 1. The molecule has 2 fully saturated rings. The second kappa shape index (κ2) is 13.5. The number of nitrogens with two attached hydrogens (primary N) is 2. The molecule has 5 N–H and O–H groups in total. The number of aromatic nitrogens is 2. The van der Waals surface area contributed by atoms with Gasteiger partial charge in [0.1, 0.15) is 5.75 Å². The maximum atomic E-state index is 13.1. The molecule has 9 heteroatoms. The van der Waals surface area contributed by atoms with E-state index in [9.17, 15) is 4.79 Å². The Kier molecular flexibility index (Phi) is 10.1. The fourth-order valence-corrected chi connectivity index (χ4v) is 6.55. The summed E-state index contributed by atoms with van der Waals surface area (Å²) in [5.41, 5.74) is 13.0. The molecule has 2 unspecified atom stereocenters. The van der Waals surface area contributed by atoms with Crippen LogP contribution in [0.15, 0.2) is 24.3 Å². The van der Waals surface area contributed by atoms with E-state index in [4.69, 9.17) is 27.8 Å². The van der Waals surface area contributed by atoms with Gasteiger partial charge in [0.15, 0.2) is 22.5 Å². The maximum Gasteiger partial charge on any atom is 0.274 e. The Morgan fingerprint density at radius 1 is 1.03 bits per heavy atom. The van der Waals surface area contributed by atoms with Crippen LogP contribution in [0.5, 0.6) is 5.75 Å². The van der Waals surface area contributed by atoms with Crippen molar-refractivity contribution in [3.05, 3.63) is 40.7 Å². The lowest BCUT2D eigenvalue weighted by Gasteiger charge is -2.45. The number of ether oxygens (including phenoxy) is 1. The largest absolute Gasteiger partial charge is 0.497 e. The van der Waals surface area contributed by atoms with Gasteiger partial charge >= 0.3 is 0 Å². The van der Waals surface area contributed by atoms with Gasteiger partial charge in [0, 0.05) is 6.42 Å². The minimum atomic E-state index is -0.331. The van der Waals surface area contributed by atoms with Crippen LogP contribution >= 0.6 is 11.6 Å². The summed E-state index contributed by atoms with van der Waals surface area (Å²) in [5.74, 6) is 1.49. The third kappa shape index (κ3) is 7.73. The van der Waals surface area contributed by atoms with Gasteiger partial charge in [-0.25, -0.2) is 9.97 Å². The molecule has 2 aromatic rings. The molecular formula is C29H44ClN6O2+. The molecule has 0 spiro atoms. The van der Waals surface area contributed by atoms with E-state index < -0.39 is 0 Å². The average molecular weight is 544 g/mol. The number of benzene rings is 1. The van der Waals surface area contributed by atoms with E-state index in [-0.39, 0.29) is 34.4 Å². The van der Waals surface area contributed by atoms with E-state index in [0.717, 1.165) is 61.5 Å². The topological polar surface area (TPSA) is 116 Å². The fraction of sp³-hybridized carbons (Fsp3) is 0.621. The molecule has 0 bridgehead atoms. The molecule has 2 aliphatic rings. The second-order valence-corrected chi connectivity index (χ2v) is 11.6. The number of anilines is 2. The molecule has 1 aromatic carbocycles.